The first-order valence-corrected chi connectivity index (χ1v) is 6.75. The van der Waals surface area contributed by atoms with E-state index in [0.717, 1.165) is 23.1 Å². The monoisotopic (exact) mass is 275 g/mol. The van der Waals surface area contributed by atoms with Crippen molar-refractivity contribution in [2.75, 3.05) is 0 Å². The van der Waals surface area contributed by atoms with Crippen LogP contribution in [0.25, 0.3) is 6.08 Å². The number of ketones is 1. The number of carbonyl (C=O) groups is 1. The number of nitriles is 1. The lowest BCUT2D eigenvalue weighted by molar-refractivity contribution is 0.102. The Bertz CT molecular complexity index is 797. The number of hydrogen-bond donors (Lipinski definition) is 1. The van der Waals surface area contributed by atoms with Gasteiger partial charge in [0, 0.05) is 11.1 Å². The molecule has 1 aliphatic rings. The minimum absolute atomic E-state index is 0.00129. The fourth-order valence-electron chi connectivity index (χ4n) is 2.60. The lowest BCUT2D eigenvalue weighted by Crippen LogP contribution is -2.13. The lowest BCUT2D eigenvalue weighted by Gasteiger charge is -2.17. The van der Waals surface area contributed by atoms with E-state index in [1.165, 1.54) is 6.07 Å². The summed E-state index contributed by atoms with van der Waals surface area (Å²) in [4.78, 5) is 12.5. The molecule has 0 spiro atoms. The van der Waals surface area contributed by atoms with Crippen molar-refractivity contribution in [2.24, 2.45) is 0 Å². The van der Waals surface area contributed by atoms with Gasteiger partial charge in [-0.2, -0.15) is 5.26 Å². The van der Waals surface area contributed by atoms with Gasteiger partial charge >= 0.3 is 0 Å². The second-order valence-corrected chi connectivity index (χ2v) is 5.08. The van der Waals surface area contributed by atoms with E-state index in [4.69, 9.17) is 5.26 Å². The van der Waals surface area contributed by atoms with Gasteiger partial charge in [-0.15, -0.1) is 0 Å². The van der Waals surface area contributed by atoms with Crippen molar-refractivity contribution < 1.29 is 9.90 Å². The summed E-state index contributed by atoms with van der Waals surface area (Å²) in [5.41, 5.74) is 3.73. The third kappa shape index (κ3) is 2.56. The van der Waals surface area contributed by atoms with Crippen molar-refractivity contribution in [3.05, 3.63) is 70.3 Å². The molecule has 3 rings (SSSR count). The number of rotatable bonds is 1. The quantitative estimate of drug-likeness (QED) is 0.810. The fraction of sp³-hybridized carbons (Fsp3) is 0.111. The van der Waals surface area contributed by atoms with Crippen LogP contribution in [0.2, 0.25) is 0 Å². The summed E-state index contributed by atoms with van der Waals surface area (Å²) in [5.74, 6) is 0.189. The van der Waals surface area contributed by atoms with Crippen molar-refractivity contribution in [3.63, 3.8) is 0 Å². The first kappa shape index (κ1) is 13.1. The summed E-state index contributed by atoms with van der Waals surface area (Å²) >= 11 is 0. The number of nitrogens with zero attached hydrogens (tertiary/aromatic N) is 1. The Morgan fingerprint density at radius 2 is 2.00 bits per heavy atom. The Morgan fingerprint density at radius 3 is 2.81 bits per heavy atom. The zero-order valence-corrected chi connectivity index (χ0v) is 11.3. The van der Waals surface area contributed by atoms with Gasteiger partial charge in [0.05, 0.1) is 11.6 Å². The zero-order valence-electron chi connectivity index (χ0n) is 11.3. The molecule has 0 amide bonds. The third-order valence-electron chi connectivity index (χ3n) is 3.65. The topological polar surface area (TPSA) is 61.1 Å². The van der Waals surface area contributed by atoms with Crippen LogP contribution in [0.1, 0.15) is 33.5 Å². The standard InChI is InChI=1S/C18H13NO2/c19-11-13-3-1-2-12(8-13)9-15-5-4-14-10-16(20)6-7-17(14)18(15)21/h1-3,6-10,20H,4-5H2/b15-9-. The molecule has 0 atom stereocenters. The molecule has 0 radical (unpaired) electrons. The SMILES string of the molecule is N#Cc1cccc(/C=C2/CCc3cc(O)ccc3C2=O)c1. The predicted molar refractivity (Wildman–Crippen MR) is 79.9 cm³/mol. The molecule has 1 N–H and O–H groups in total. The van der Waals surface area contributed by atoms with E-state index in [2.05, 4.69) is 6.07 Å². The van der Waals surface area contributed by atoms with Gasteiger partial charge in [-0.3, -0.25) is 4.79 Å². The van der Waals surface area contributed by atoms with Gasteiger partial charge in [-0.1, -0.05) is 12.1 Å². The molecule has 0 saturated heterocycles. The number of phenols is 1. The smallest absolute Gasteiger partial charge is 0.189 e. The molecular weight excluding hydrogens is 262 g/mol. The lowest BCUT2D eigenvalue weighted by atomic mass is 9.86. The van der Waals surface area contributed by atoms with E-state index in [0.29, 0.717) is 17.5 Å². The molecule has 0 bridgehead atoms. The average Bonchev–Trinajstić information content (AvgIpc) is 2.50. The van der Waals surface area contributed by atoms with E-state index < -0.39 is 0 Å². The number of fused-ring (bicyclic) bond motifs is 1. The second-order valence-electron chi connectivity index (χ2n) is 5.08. The van der Waals surface area contributed by atoms with Crippen molar-refractivity contribution in [2.45, 2.75) is 12.8 Å². The van der Waals surface area contributed by atoms with Gasteiger partial charge in [0.2, 0.25) is 0 Å². The Balaban J connectivity index is 1.98. The third-order valence-corrected chi connectivity index (χ3v) is 3.65. The minimum atomic E-state index is -0.00129. The van der Waals surface area contributed by atoms with Gasteiger partial charge in [0.15, 0.2) is 5.78 Å². The number of aryl methyl sites for hydroxylation is 1. The molecule has 3 heteroatoms. The van der Waals surface area contributed by atoms with Crippen molar-refractivity contribution in [3.8, 4) is 11.8 Å². The van der Waals surface area contributed by atoms with Crippen LogP contribution in [0, 0.1) is 11.3 Å². The average molecular weight is 275 g/mol. The summed E-state index contributed by atoms with van der Waals surface area (Å²) in [6.07, 6.45) is 3.23. The highest BCUT2D eigenvalue weighted by atomic mass is 16.3. The molecular formula is C18H13NO2. The van der Waals surface area contributed by atoms with Crippen LogP contribution < -0.4 is 0 Å². The maximum Gasteiger partial charge on any atom is 0.189 e. The van der Waals surface area contributed by atoms with Crippen LogP contribution >= 0.6 is 0 Å². The summed E-state index contributed by atoms with van der Waals surface area (Å²) in [6.45, 7) is 0. The highest BCUT2D eigenvalue weighted by molar-refractivity contribution is 6.13. The van der Waals surface area contributed by atoms with Crippen LogP contribution in [-0.4, -0.2) is 10.9 Å². The number of carbonyl (C=O) groups excluding carboxylic acids is 1. The molecule has 1 aliphatic carbocycles. The molecule has 21 heavy (non-hydrogen) atoms. The number of aromatic hydroxyl groups is 1. The molecule has 0 unspecified atom stereocenters. The van der Waals surface area contributed by atoms with Gasteiger partial charge in [0.25, 0.3) is 0 Å². The van der Waals surface area contributed by atoms with E-state index in [-0.39, 0.29) is 11.5 Å². The number of benzene rings is 2. The first-order valence-electron chi connectivity index (χ1n) is 6.75. The fourth-order valence-corrected chi connectivity index (χ4v) is 2.60. The molecule has 0 aliphatic heterocycles. The van der Waals surface area contributed by atoms with Crippen molar-refractivity contribution in [1.82, 2.24) is 0 Å². The van der Waals surface area contributed by atoms with E-state index in [1.54, 1.807) is 24.3 Å². The first-order chi connectivity index (χ1) is 10.2. The molecule has 0 fully saturated rings. The molecule has 3 nitrogen and oxygen atoms in total. The highest BCUT2D eigenvalue weighted by Gasteiger charge is 2.21. The maximum absolute atomic E-state index is 12.5. The summed E-state index contributed by atoms with van der Waals surface area (Å²) < 4.78 is 0. The van der Waals surface area contributed by atoms with E-state index in [9.17, 15) is 9.90 Å². The van der Waals surface area contributed by atoms with Gasteiger partial charge in [-0.25, -0.2) is 0 Å². The Labute approximate surface area is 122 Å². The summed E-state index contributed by atoms with van der Waals surface area (Å²) in [6, 6.07) is 14.2. The van der Waals surface area contributed by atoms with E-state index in [1.807, 2.05) is 18.2 Å². The normalized spacial score (nSPS) is 15.6. The van der Waals surface area contributed by atoms with Gasteiger partial charge < -0.3 is 5.11 Å². The number of Topliss-reactive ketones (excluding diaryl/α,β-unsaturated/α-hetero) is 1. The largest absolute Gasteiger partial charge is 0.508 e. The van der Waals surface area contributed by atoms with E-state index >= 15 is 0 Å². The zero-order chi connectivity index (χ0) is 14.8. The highest BCUT2D eigenvalue weighted by Crippen LogP contribution is 2.29. The van der Waals surface area contributed by atoms with Crippen molar-refractivity contribution in [1.29, 1.82) is 5.26 Å². The summed E-state index contributed by atoms with van der Waals surface area (Å²) in [5, 5.41) is 18.4. The second kappa shape index (κ2) is 5.26. The molecule has 0 saturated carbocycles. The van der Waals surface area contributed by atoms with Gasteiger partial charge in [0.1, 0.15) is 5.75 Å². The van der Waals surface area contributed by atoms with Crippen LogP contribution in [0.15, 0.2) is 48.0 Å². The van der Waals surface area contributed by atoms with Crippen LogP contribution in [0.5, 0.6) is 5.75 Å². The van der Waals surface area contributed by atoms with Crippen LogP contribution in [0.3, 0.4) is 0 Å². The van der Waals surface area contributed by atoms with Gasteiger partial charge in [-0.05, 0) is 60.4 Å². The van der Waals surface area contributed by atoms with Crippen molar-refractivity contribution >= 4 is 11.9 Å². The minimum Gasteiger partial charge on any atom is -0.508 e. The Morgan fingerprint density at radius 1 is 1.14 bits per heavy atom. The number of hydrogen-bond acceptors (Lipinski definition) is 3. The number of allylic oxidation sites excluding steroid dienone is 1. The molecule has 102 valence electrons. The maximum atomic E-state index is 12.5. The molecule has 0 heterocycles. The number of phenolic OH excluding ortho intramolecular Hbond substituents is 1. The Hall–Kier alpha value is -2.86. The summed E-state index contributed by atoms with van der Waals surface area (Å²) in [7, 11) is 0. The predicted octanol–water partition coefficient (Wildman–Crippen LogP) is 3.48. The molecule has 0 aromatic heterocycles. The van der Waals surface area contributed by atoms with Crippen LogP contribution in [-0.2, 0) is 6.42 Å². The molecule has 2 aromatic carbocycles. The van der Waals surface area contributed by atoms with Crippen LogP contribution in [0.4, 0.5) is 0 Å². The Kier molecular flexibility index (Phi) is 3.29. The molecule has 2 aromatic rings.